The number of carbonyl (C=O) groups is 2. The van der Waals surface area contributed by atoms with Gasteiger partial charge in [0.25, 0.3) is 5.91 Å². The lowest BCUT2D eigenvalue weighted by atomic mass is 9.96. The van der Waals surface area contributed by atoms with E-state index in [1.807, 2.05) is 0 Å². The lowest BCUT2D eigenvalue weighted by Gasteiger charge is -2.24. The molecule has 2 aliphatic heterocycles. The summed E-state index contributed by atoms with van der Waals surface area (Å²) in [6, 6.07) is 6.29. The summed E-state index contributed by atoms with van der Waals surface area (Å²) in [5.74, 6) is -0.423. The summed E-state index contributed by atoms with van der Waals surface area (Å²) in [4.78, 5) is 28.9. The summed E-state index contributed by atoms with van der Waals surface area (Å²) in [7, 11) is 0. The number of para-hydroxylation sites is 1. The molecule has 1 saturated heterocycles. The Hall–Kier alpha value is -2.89. The smallest absolute Gasteiger partial charge is 0.414 e. The van der Waals surface area contributed by atoms with Crippen molar-refractivity contribution in [2.24, 2.45) is 0 Å². The van der Waals surface area contributed by atoms with Crippen LogP contribution in [0.5, 0.6) is 0 Å². The molecule has 1 fully saturated rings. The van der Waals surface area contributed by atoms with Crippen molar-refractivity contribution in [3.63, 3.8) is 0 Å². The number of aromatic nitrogens is 2. The van der Waals surface area contributed by atoms with Gasteiger partial charge in [-0.25, -0.2) is 14.7 Å². The lowest BCUT2D eigenvalue weighted by molar-refractivity contribution is -0.126. The van der Waals surface area contributed by atoms with E-state index >= 15 is 0 Å². The number of imidazole rings is 1. The fourth-order valence-electron chi connectivity index (χ4n) is 3.76. The van der Waals surface area contributed by atoms with E-state index in [2.05, 4.69) is 34.7 Å². The fraction of sp³-hybridized carbons (Fsp3) is 0.316. The van der Waals surface area contributed by atoms with Gasteiger partial charge < -0.3 is 9.67 Å². The number of aryl methyl sites for hydroxylation is 2. The van der Waals surface area contributed by atoms with Gasteiger partial charge in [0.15, 0.2) is 0 Å². The summed E-state index contributed by atoms with van der Waals surface area (Å²) < 4.78 is 2.10. The van der Waals surface area contributed by atoms with Gasteiger partial charge in [-0.2, -0.15) is 0 Å². The maximum absolute atomic E-state index is 12.4. The first kappa shape index (κ1) is 15.6. The number of hydrogen-bond donors (Lipinski definition) is 1. The normalized spacial score (nSPS) is 18.2. The maximum Gasteiger partial charge on any atom is 0.414 e. The molecule has 1 aromatic heterocycles. The topological polar surface area (TPSA) is 75.4 Å². The van der Waals surface area contributed by atoms with Crippen molar-refractivity contribution in [2.75, 3.05) is 6.54 Å². The van der Waals surface area contributed by atoms with E-state index in [4.69, 9.17) is 5.11 Å². The number of carbonyl (C=O) groups excluding carboxylic acids is 1. The van der Waals surface area contributed by atoms with E-state index in [0.717, 1.165) is 29.1 Å². The quantitative estimate of drug-likeness (QED) is 0.812. The van der Waals surface area contributed by atoms with Gasteiger partial charge in [-0.1, -0.05) is 18.2 Å². The highest BCUT2D eigenvalue weighted by atomic mass is 16.4. The largest absolute Gasteiger partial charge is 0.465 e. The van der Waals surface area contributed by atoms with Crippen LogP contribution in [0.2, 0.25) is 0 Å². The van der Waals surface area contributed by atoms with Crippen LogP contribution in [-0.2, 0) is 17.6 Å². The Morgan fingerprint density at radius 3 is 2.92 bits per heavy atom. The Morgan fingerprint density at radius 2 is 2.12 bits per heavy atom. The van der Waals surface area contributed by atoms with Crippen LogP contribution in [0.4, 0.5) is 4.79 Å². The first-order chi connectivity index (χ1) is 12.1. The molecule has 0 aliphatic carbocycles. The van der Waals surface area contributed by atoms with Gasteiger partial charge in [-0.15, -0.1) is 0 Å². The van der Waals surface area contributed by atoms with Crippen molar-refractivity contribution in [1.82, 2.24) is 14.5 Å². The SMILES string of the molecule is Cc1cccc2c1-n1cnc(/C=C3\CCCN(C(=O)O)C3=O)c1CC2. The van der Waals surface area contributed by atoms with Crippen molar-refractivity contribution in [2.45, 2.75) is 32.6 Å². The Bertz CT molecular complexity index is 911. The molecule has 2 aromatic rings. The van der Waals surface area contributed by atoms with Crippen molar-refractivity contribution in [1.29, 1.82) is 0 Å². The van der Waals surface area contributed by atoms with Gasteiger partial charge in [0.05, 0.1) is 17.1 Å². The second kappa shape index (κ2) is 5.88. The number of likely N-dealkylation sites (tertiary alicyclic amines) is 1. The summed E-state index contributed by atoms with van der Waals surface area (Å²) >= 11 is 0. The van der Waals surface area contributed by atoms with Gasteiger partial charge in [0, 0.05) is 12.1 Å². The zero-order valence-corrected chi connectivity index (χ0v) is 14.0. The van der Waals surface area contributed by atoms with Gasteiger partial charge in [0.1, 0.15) is 6.33 Å². The Labute approximate surface area is 145 Å². The van der Waals surface area contributed by atoms with Crippen LogP contribution in [0, 0.1) is 6.92 Å². The second-order valence-corrected chi connectivity index (χ2v) is 6.54. The highest BCUT2D eigenvalue weighted by molar-refractivity contribution is 6.05. The Morgan fingerprint density at radius 1 is 1.28 bits per heavy atom. The zero-order chi connectivity index (χ0) is 17.6. The van der Waals surface area contributed by atoms with E-state index in [1.54, 1.807) is 12.4 Å². The monoisotopic (exact) mass is 337 g/mol. The molecule has 6 nitrogen and oxygen atoms in total. The maximum atomic E-state index is 12.4. The molecule has 0 bridgehead atoms. The minimum Gasteiger partial charge on any atom is -0.465 e. The number of hydrogen-bond acceptors (Lipinski definition) is 3. The van der Waals surface area contributed by atoms with Crippen LogP contribution >= 0.6 is 0 Å². The van der Waals surface area contributed by atoms with E-state index < -0.39 is 12.0 Å². The predicted molar refractivity (Wildman–Crippen MR) is 92.7 cm³/mol. The summed E-state index contributed by atoms with van der Waals surface area (Å²) in [6.45, 7) is 2.35. The van der Waals surface area contributed by atoms with Crippen LogP contribution in [0.3, 0.4) is 0 Å². The Kier molecular flexibility index (Phi) is 3.67. The molecule has 0 atom stereocenters. The highest BCUT2D eigenvalue weighted by Gasteiger charge is 2.29. The van der Waals surface area contributed by atoms with Gasteiger partial charge >= 0.3 is 6.09 Å². The predicted octanol–water partition coefficient (Wildman–Crippen LogP) is 2.96. The number of fused-ring (bicyclic) bond motifs is 3. The first-order valence-corrected chi connectivity index (χ1v) is 8.46. The lowest BCUT2D eigenvalue weighted by Crippen LogP contribution is -2.40. The molecule has 3 heterocycles. The van der Waals surface area contributed by atoms with E-state index in [-0.39, 0.29) is 6.54 Å². The molecule has 2 aliphatic rings. The molecule has 128 valence electrons. The number of rotatable bonds is 1. The molecule has 0 unspecified atom stereocenters. The standard InChI is InChI=1S/C19H19N3O3/c1-12-4-2-5-13-7-8-16-15(20-11-22(16)17(12)13)10-14-6-3-9-21(18(14)23)19(24)25/h2,4-5,10-11H,3,6-9H2,1H3,(H,24,25)/b14-10+. The molecular weight excluding hydrogens is 318 g/mol. The molecule has 25 heavy (non-hydrogen) atoms. The van der Waals surface area contributed by atoms with Crippen LogP contribution in [-0.4, -0.2) is 38.1 Å². The molecule has 0 spiro atoms. The van der Waals surface area contributed by atoms with E-state index in [0.29, 0.717) is 18.4 Å². The third-order valence-corrected chi connectivity index (χ3v) is 4.98. The molecule has 1 N–H and O–H groups in total. The minimum atomic E-state index is -1.19. The van der Waals surface area contributed by atoms with Crippen LogP contribution < -0.4 is 0 Å². The average molecular weight is 337 g/mol. The molecule has 1 aromatic carbocycles. The third kappa shape index (κ3) is 2.54. The highest BCUT2D eigenvalue weighted by Crippen LogP contribution is 2.30. The third-order valence-electron chi connectivity index (χ3n) is 4.98. The number of amides is 2. The number of benzene rings is 1. The molecular formula is C19H19N3O3. The van der Waals surface area contributed by atoms with Gasteiger partial charge in [-0.3, -0.25) is 4.79 Å². The van der Waals surface area contributed by atoms with Crippen molar-refractivity contribution < 1.29 is 14.7 Å². The number of piperidine rings is 1. The van der Waals surface area contributed by atoms with Crippen LogP contribution in [0.15, 0.2) is 30.1 Å². The fourth-order valence-corrected chi connectivity index (χ4v) is 3.76. The molecule has 2 amide bonds. The van der Waals surface area contributed by atoms with Gasteiger partial charge in [0.2, 0.25) is 0 Å². The van der Waals surface area contributed by atoms with E-state index in [1.165, 1.54) is 16.8 Å². The van der Waals surface area contributed by atoms with Crippen molar-refractivity contribution in [3.05, 3.63) is 52.6 Å². The average Bonchev–Trinajstić information content (AvgIpc) is 2.99. The molecule has 0 saturated carbocycles. The summed E-state index contributed by atoms with van der Waals surface area (Å²) in [6.07, 6.45) is 5.42. The van der Waals surface area contributed by atoms with E-state index in [9.17, 15) is 9.59 Å². The van der Waals surface area contributed by atoms with Crippen LogP contribution in [0.1, 0.15) is 35.4 Å². The molecule has 0 radical (unpaired) electrons. The second-order valence-electron chi connectivity index (χ2n) is 6.54. The summed E-state index contributed by atoms with van der Waals surface area (Å²) in [5, 5.41) is 9.14. The van der Waals surface area contributed by atoms with Gasteiger partial charge in [-0.05, 0) is 49.8 Å². The summed E-state index contributed by atoms with van der Waals surface area (Å²) in [5.41, 5.74) is 6.03. The number of nitrogens with zero attached hydrogens (tertiary/aromatic N) is 3. The zero-order valence-electron chi connectivity index (χ0n) is 14.0. The molecule has 6 heteroatoms. The molecule has 4 rings (SSSR count). The van der Waals surface area contributed by atoms with Crippen molar-refractivity contribution in [3.8, 4) is 5.69 Å². The van der Waals surface area contributed by atoms with Crippen molar-refractivity contribution >= 4 is 18.1 Å². The number of imide groups is 1. The van der Waals surface area contributed by atoms with Crippen LogP contribution in [0.25, 0.3) is 11.8 Å². The first-order valence-electron chi connectivity index (χ1n) is 8.46. The Balaban J connectivity index is 1.74. The number of carboxylic acid groups (broad SMARTS) is 1. The minimum absolute atomic E-state index is 0.263.